The lowest BCUT2D eigenvalue weighted by molar-refractivity contribution is 0.778. The highest BCUT2D eigenvalue weighted by atomic mass is 79.9. The van der Waals surface area contributed by atoms with E-state index < -0.39 is 0 Å². The van der Waals surface area contributed by atoms with Crippen molar-refractivity contribution < 1.29 is 0 Å². The van der Waals surface area contributed by atoms with Crippen LogP contribution in [-0.2, 0) is 0 Å². The van der Waals surface area contributed by atoms with Gasteiger partial charge in [-0.05, 0) is 29.8 Å². The standard InChI is InChI=1S/C6H8BrClN2/c1-3-5(8)4(2)10-6(7)9-3/h3,5H,1-2H3. The van der Waals surface area contributed by atoms with E-state index in [4.69, 9.17) is 11.6 Å². The molecule has 0 N–H and O–H groups in total. The van der Waals surface area contributed by atoms with Gasteiger partial charge in [0.25, 0.3) is 0 Å². The molecule has 0 amide bonds. The van der Waals surface area contributed by atoms with E-state index in [1.165, 1.54) is 0 Å². The molecule has 2 atom stereocenters. The number of alkyl halides is 1. The third kappa shape index (κ3) is 1.58. The van der Waals surface area contributed by atoms with Crippen LogP contribution in [0.3, 0.4) is 0 Å². The number of nitrogens with zero attached hydrogens (tertiary/aromatic N) is 2. The zero-order chi connectivity index (χ0) is 7.72. The van der Waals surface area contributed by atoms with Gasteiger partial charge in [-0.25, -0.2) is 4.99 Å². The van der Waals surface area contributed by atoms with Crippen LogP contribution in [0.1, 0.15) is 13.8 Å². The molecule has 1 aliphatic heterocycles. The third-order valence-corrected chi connectivity index (χ3v) is 2.46. The van der Waals surface area contributed by atoms with Crippen molar-refractivity contribution in [3.63, 3.8) is 0 Å². The molecular weight excluding hydrogens is 215 g/mol. The summed E-state index contributed by atoms with van der Waals surface area (Å²) in [6.45, 7) is 3.88. The first-order valence-corrected chi connectivity index (χ1v) is 4.27. The Bertz CT molecular complexity index is 200. The fourth-order valence-electron chi connectivity index (χ4n) is 0.819. The van der Waals surface area contributed by atoms with Crippen molar-refractivity contribution in [2.75, 3.05) is 0 Å². The van der Waals surface area contributed by atoms with Crippen LogP contribution in [0.2, 0.25) is 0 Å². The fourth-order valence-corrected chi connectivity index (χ4v) is 1.53. The third-order valence-electron chi connectivity index (χ3n) is 1.40. The molecule has 2 unspecified atom stereocenters. The molecule has 0 radical (unpaired) electrons. The van der Waals surface area contributed by atoms with Gasteiger partial charge in [0.2, 0.25) is 0 Å². The van der Waals surface area contributed by atoms with Gasteiger partial charge in [0.05, 0.1) is 11.4 Å². The van der Waals surface area contributed by atoms with Crippen LogP contribution in [0.4, 0.5) is 0 Å². The Balaban J connectivity index is 2.85. The zero-order valence-electron chi connectivity index (χ0n) is 5.81. The average Bonchev–Trinajstić information content (AvgIpc) is 1.82. The molecule has 1 rings (SSSR count). The van der Waals surface area contributed by atoms with E-state index in [9.17, 15) is 0 Å². The molecule has 10 heavy (non-hydrogen) atoms. The van der Waals surface area contributed by atoms with Crippen LogP contribution in [0, 0.1) is 0 Å². The molecule has 1 heterocycles. The Labute approximate surface area is 73.5 Å². The minimum atomic E-state index is -0.0405. The second kappa shape index (κ2) is 3.01. The van der Waals surface area contributed by atoms with Gasteiger partial charge < -0.3 is 0 Å². The lowest BCUT2D eigenvalue weighted by atomic mass is 10.1. The van der Waals surface area contributed by atoms with E-state index in [0.717, 1.165) is 5.71 Å². The summed E-state index contributed by atoms with van der Waals surface area (Å²) in [6.07, 6.45) is 0. The highest BCUT2D eigenvalue weighted by Gasteiger charge is 2.20. The van der Waals surface area contributed by atoms with Crippen LogP contribution >= 0.6 is 27.5 Å². The molecule has 0 aromatic carbocycles. The molecule has 0 fully saturated rings. The minimum absolute atomic E-state index is 0.0405. The number of hydrogen-bond donors (Lipinski definition) is 0. The largest absolute Gasteiger partial charge is 0.255 e. The molecule has 0 aliphatic carbocycles. The Morgan fingerprint density at radius 2 is 2.20 bits per heavy atom. The van der Waals surface area contributed by atoms with Crippen molar-refractivity contribution in [3.8, 4) is 0 Å². The summed E-state index contributed by atoms with van der Waals surface area (Å²) in [5.41, 5.74) is 0.927. The zero-order valence-corrected chi connectivity index (χ0v) is 8.15. The van der Waals surface area contributed by atoms with E-state index in [1.54, 1.807) is 0 Å². The topological polar surface area (TPSA) is 24.7 Å². The van der Waals surface area contributed by atoms with Crippen molar-refractivity contribution in [2.45, 2.75) is 25.3 Å². The molecule has 0 bridgehead atoms. The first-order chi connectivity index (χ1) is 4.61. The normalized spacial score (nSPS) is 33.2. The van der Waals surface area contributed by atoms with Crippen molar-refractivity contribution in [3.05, 3.63) is 0 Å². The number of amidine groups is 1. The molecule has 0 saturated carbocycles. The van der Waals surface area contributed by atoms with Crippen molar-refractivity contribution in [1.82, 2.24) is 0 Å². The summed E-state index contributed by atoms with van der Waals surface area (Å²) < 4.78 is 0.648. The van der Waals surface area contributed by atoms with Crippen LogP contribution in [0.25, 0.3) is 0 Å². The van der Waals surface area contributed by atoms with Crippen LogP contribution < -0.4 is 0 Å². The van der Waals surface area contributed by atoms with Gasteiger partial charge in [-0.2, -0.15) is 0 Å². The van der Waals surface area contributed by atoms with Gasteiger partial charge in [-0.1, -0.05) is 0 Å². The maximum atomic E-state index is 5.92. The Morgan fingerprint density at radius 3 is 2.70 bits per heavy atom. The van der Waals surface area contributed by atoms with E-state index in [-0.39, 0.29) is 11.4 Å². The van der Waals surface area contributed by atoms with Crippen LogP contribution in [0.15, 0.2) is 9.98 Å². The summed E-state index contributed by atoms with van der Waals surface area (Å²) >= 11 is 9.12. The summed E-state index contributed by atoms with van der Waals surface area (Å²) in [6, 6.07) is 0.133. The van der Waals surface area contributed by atoms with E-state index in [2.05, 4.69) is 25.9 Å². The SMILES string of the molecule is CC1=NC(Br)=NC(C)C1Cl. The van der Waals surface area contributed by atoms with Gasteiger partial charge in [0.15, 0.2) is 4.74 Å². The predicted octanol–water partition coefficient (Wildman–Crippen LogP) is 2.21. The second-order valence-corrected chi connectivity index (χ2v) is 3.47. The maximum absolute atomic E-state index is 5.92. The van der Waals surface area contributed by atoms with Gasteiger partial charge >= 0.3 is 0 Å². The summed E-state index contributed by atoms with van der Waals surface area (Å²) in [7, 11) is 0. The number of halogens is 2. The Morgan fingerprint density at radius 1 is 1.60 bits per heavy atom. The number of aliphatic imine (C=N–C) groups is 2. The molecule has 0 spiro atoms. The van der Waals surface area contributed by atoms with E-state index in [1.807, 2.05) is 13.8 Å². The lowest BCUT2D eigenvalue weighted by Crippen LogP contribution is -2.27. The van der Waals surface area contributed by atoms with Crippen molar-refractivity contribution >= 4 is 38.0 Å². The molecule has 0 aromatic heterocycles. The van der Waals surface area contributed by atoms with Crippen LogP contribution in [0.5, 0.6) is 0 Å². The quantitative estimate of drug-likeness (QED) is 0.444. The molecule has 4 heteroatoms. The maximum Gasteiger partial charge on any atom is 0.192 e. The van der Waals surface area contributed by atoms with Gasteiger partial charge in [0, 0.05) is 5.71 Å². The highest BCUT2D eigenvalue weighted by molar-refractivity contribution is 9.18. The summed E-state index contributed by atoms with van der Waals surface area (Å²) in [5.74, 6) is 0. The first kappa shape index (κ1) is 8.21. The molecule has 1 aliphatic rings. The highest BCUT2D eigenvalue weighted by Crippen LogP contribution is 2.15. The summed E-state index contributed by atoms with van der Waals surface area (Å²) in [4.78, 5) is 8.19. The van der Waals surface area contributed by atoms with Crippen molar-refractivity contribution in [2.24, 2.45) is 9.98 Å². The smallest absolute Gasteiger partial charge is 0.192 e. The van der Waals surface area contributed by atoms with Gasteiger partial charge in [0.1, 0.15) is 0 Å². The molecular formula is C6H8BrClN2. The Hall–Kier alpha value is 0.110. The molecule has 0 aromatic rings. The van der Waals surface area contributed by atoms with E-state index >= 15 is 0 Å². The van der Waals surface area contributed by atoms with Crippen LogP contribution in [-0.4, -0.2) is 21.9 Å². The first-order valence-electron chi connectivity index (χ1n) is 3.04. The number of rotatable bonds is 0. The molecule has 56 valence electrons. The van der Waals surface area contributed by atoms with E-state index in [0.29, 0.717) is 4.74 Å². The van der Waals surface area contributed by atoms with Gasteiger partial charge in [-0.15, -0.1) is 11.6 Å². The van der Waals surface area contributed by atoms with Gasteiger partial charge in [-0.3, -0.25) is 4.99 Å². The molecule has 2 nitrogen and oxygen atoms in total. The average molecular weight is 224 g/mol. The fraction of sp³-hybridized carbons (Fsp3) is 0.667. The number of hydrogen-bond acceptors (Lipinski definition) is 2. The minimum Gasteiger partial charge on any atom is -0.255 e. The predicted molar refractivity (Wildman–Crippen MR) is 48.6 cm³/mol. The summed E-state index contributed by atoms with van der Waals surface area (Å²) in [5, 5.41) is -0.0405. The monoisotopic (exact) mass is 222 g/mol. The Kier molecular flexibility index (Phi) is 2.47. The second-order valence-electron chi connectivity index (χ2n) is 2.29. The van der Waals surface area contributed by atoms with Crippen molar-refractivity contribution in [1.29, 1.82) is 0 Å². The lowest BCUT2D eigenvalue weighted by Gasteiger charge is -2.17. The molecule has 0 saturated heterocycles.